The number of carbonyl (C=O) groups is 1. The van der Waals surface area contributed by atoms with Gasteiger partial charge in [-0.3, -0.25) is 7.91 Å². The van der Waals surface area contributed by atoms with Crippen LogP contribution in [0.5, 0.6) is 0 Å². The van der Waals surface area contributed by atoms with Crippen molar-refractivity contribution in [1.82, 2.24) is 3.11 Å². The maximum absolute atomic E-state index is 11.8. The average molecular weight is 401 g/mol. The highest BCUT2D eigenvalue weighted by Gasteiger charge is 2.19. The van der Waals surface area contributed by atoms with E-state index in [-0.39, 0.29) is 39.4 Å². The number of benzene rings is 1. The maximum Gasteiger partial charge on any atom is 0.263 e. The van der Waals surface area contributed by atoms with E-state index in [4.69, 9.17) is 0 Å². The number of hydrogen-bond acceptors (Lipinski definition) is 1. The molecule has 1 aromatic rings. The lowest BCUT2D eigenvalue weighted by atomic mass is 10.2. The predicted molar refractivity (Wildman–Crippen MR) is 69.9 cm³/mol. The molecule has 0 N–H and O–H groups in total. The van der Waals surface area contributed by atoms with Crippen molar-refractivity contribution < 1.29 is 4.79 Å². The Hall–Kier alpha value is 0.150. The summed E-state index contributed by atoms with van der Waals surface area (Å²) in [7, 11) is 0. The van der Waals surface area contributed by atoms with Crippen LogP contribution in [0.3, 0.4) is 0 Å². The lowest BCUT2D eigenvalue weighted by Gasteiger charge is -2.19. The van der Waals surface area contributed by atoms with Crippen molar-refractivity contribution in [3.8, 4) is 0 Å². The van der Waals surface area contributed by atoms with Gasteiger partial charge in [-0.2, -0.15) is 0 Å². The Kier molecular flexibility index (Phi) is 3.07. The zero-order chi connectivity index (χ0) is 9.26. The van der Waals surface area contributed by atoms with Crippen LogP contribution in [0.15, 0.2) is 24.3 Å². The third-order valence-electron chi connectivity index (χ3n) is 1.79. The summed E-state index contributed by atoms with van der Waals surface area (Å²) in [6.45, 7) is 2.95. The molecular formula is C9H9I2NO. The molecule has 2 rings (SSSR count). The monoisotopic (exact) mass is 401 g/mol. The Bertz CT molecular complexity index is 376. The second kappa shape index (κ2) is 4.12. The van der Waals surface area contributed by atoms with Gasteiger partial charge in [0, 0.05) is 27.0 Å². The number of hydrogen-bond donors (Lipinski definition) is 0. The van der Waals surface area contributed by atoms with E-state index in [2.05, 4.69) is 16.1 Å². The fraction of sp³-hybridized carbons (Fsp3) is 0.222. The Morgan fingerprint density at radius 3 is 2.92 bits per heavy atom. The molecule has 0 saturated carbocycles. The van der Waals surface area contributed by atoms with E-state index in [0.29, 0.717) is 0 Å². The molecule has 0 saturated heterocycles. The fourth-order valence-corrected chi connectivity index (χ4v) is 11.2. The summed E-state index contributed by atoms with van der Waals surface area (Å²) in [6, 6.07) is 8.07. The quantitative estimate of drug-likeness (QED) is 0.524. The highest BCUT2D eigenvalue weighted by molar-refractivity contribution is 14.8. The SMILES string of the molecule is CCN1I=Ic2ccccc2C1=O. The molecule has 1 aliphatic rings. The summed E-state index contributed by atoms with van der Waals surface area (Å²) in [5.74, 6) is 0.261. The van der Waals surface area contributed by atoms with E-state index in [0.717, 1.165) is 12.1 Å². The number of nitrogens with zero attached hydrogens (tertiary/aromatic N) is 1. The van der Waals surface area contributed by atoms with Gasteiger partial charge in [-0.1, -0.05) is 12.1 Å². The van der Waals surface area contributed by atoms with Gasteiger partial charge in [0.25, 0.3) is 5.91 Å². The standard InChI is InChI=1S/C9H9I2NO/c1-2-12-9(13)7-5-3-4-6-8(7)10-11-12/h3-6H,2H2,1H3. The second-order valence-corrected chi connectivity index (χ2v) is 10.9. The molecule has 1 aromatic carbocycles. The van der Waals surface area contributed by atoms with E-state index in [9.17, 15) is 4.79 Å². The molecule has 2 nitrogen and oxygen atoms in total. The summed E-state index contributed by atoms with van der Waals surface area (Å²) >= 11 is 0.150. The van der Waals surface area contributed by atoms with Gasteiger partial charge in [0.2, 0.25) is 0 Å². The van der Waals surface area contributed by atoms with Crippen molar-refractivity contribution in [3.63, 3.8) is 0 Å². The number of carbonyl (C=O) groups excluding carboxylic acids is 1. The van der Waals surface area contributed by atoms with Crippen molar-refractivity contribution >= 4 is 39.4 Å². The second-order valence-electron chi connectivity index (χ2n) is 2.60. The van der Waals surface area contributed by atoms with Crippen LogP contribution in [0.4, 0.5) is 0 Å². The molecule has 1 aliphatic heterocycles. The summed E-state index contributed by atoms with van der Waals surface area (Å²) in [5, 5.41) is 0. The Labute approximate surface area is 93.3 Å². The minimum atomic E-state index is 0.0133. The molecule has 0 bridgehead atoms. The molecule has 0 fully saturated rings. The van der Waals surface area contributed by atoms with Crippen molar-refractivity contribution in [2.24, 2.45) is 0 Å². The summed E-state index contributed by atoms with van der Waals surface area (Å²) < 4.78 is 3.40. The third kappa shape index (κ3) is 1.83. The molecule has 1 heterocycles. The first-order valence-corrected chi connectivity index (χ1v) is 12.4. The molecule has 0 aliphatic carbocycles. The lowest BCUT2D eigenvalue weighted by Crippen LogP contribution is -2.23. The van der Waals surface area contributed by atoms with E-state index in [1.807, 2.05) is 18.2 Å². The van der Waals surface area contributed by atoms with Gasteiger partial charge in [-0.05, 0) is 35.6 Å². The van der Waals surface area contributed by atoms with Crippen molar-refractivity contribution in [3.05, 3.63) is 33.4 Å². The van der Waals surface area contributed by atoms with Crippen molar-refractivity contribution in [2.75, 3.05) is 6.54 Å². The molecule has 0 spiro atoms. The van der Waals surface area contributed by atoms with Crippen LogP contribution in [0, 0.1) is 3.57 Å². The molecule has 70 valence electrons. The van der Waals surface area contributed by atoms with Gasteiger partial charge in [0.15, 0.2) is 0 Å². The normalized spacial score (nSPS) is 15.8. The van der Waals surface area contributed by atoms with Gasteiger partial charge in [0.1, 0.15) is 0 Å². The first-order valence-electron chi connectivity index (χ1n) is 4.03. The zero-order valence-electron chi connectivity index (χ0n) is 7.13. The van der Waals surface area contributed by atoms with Gasteiger partial charge in [-0.15, -0.1) is 0 Å². The number of fused-ring (bicyclic) bond motifs is 1. The Balaban J connectivity index is 2.48. The number of rotatable bonds is 1. The van der Waals surface area contributed by atoms with Gasteiger partial charge >= 0.3 is 0 Å². The number of amides is 1. The van der Waals surface area contributed by atoms with E-state index >= 15 is 0 Å². The van der Waals surface area contributed by atoms with Crippen LogP contribution in [0.25, 0.3) is 0 Å². The van der Waals surface area contributed by atoms with Crippen LogP contribution in [-0.4, -0.2) is 15.6 Å². The van der Waals surface area contributed by atoms with Crippen LogP contribution in [-0.2, 0) is 0 Å². The van der Waals surface area contributed by atoms with Gasteiger partial charge < -0.3 is 0 Å². The topological polar surface area (TPSA) is 20.3 Å². The third-order valence-corrected chi connectivity index (χ3v) is 12.0. The highest BCUT2D eigenvalue weighted by atomic mass is 128. The Morgan fingerprint density at radius 1 is 1.38 bits per heavy atom. The van der Waals surface area contributed by atoms with Crippen LogP contribution >= 0.6 is 33.5 Å². The van der Waals surface area contributed by atoms with Gasteiger partial charge in [0.05, 0.1) is 5.56 Å². The van der Waals surface area contributed by atoms with Crippen LogP contribution in [0.2, 0.25) is 0 Å². The minimum absolute atomic E-state index is 0.0133. The summed E-state index contributed by atoms with van der Waals surface area (Å²) in [5.41, 5.74) is 0.961. The molecular weight excluding hydrogens is 392 g/mol. The fourth-order valence-electron chi connectivity index (χ4n) is 1.12. The Morgan fingerprint density at radius 2 is 2.15 bits per heavy atom. The van der Waals surface area contributed by atoms with E-state index < -0.39 is 0 Å². The smallest absolute Gasteiger partial charge is 0.263 e. The predicted octanol–water partition coefficient (Wildman–Crippen LogP) is 3.10. The first kappa shape index (κ1) is 9.70. The van der Waals surface area contributed by atoms with Crippen molar-refractivity contribution in [2.45, 2.75) is 6.92 Å². The maximum atomic E-state index is 11.8. The van der Waals surface area contributed by atoms with E-state index in [1.165, 1.54) is 3.57 Å². The zero-order valence-corrected chi connectivity index (χ0v) is 11.4. The molecule has 0 unspecified atom stereocenters. The molecule has 0 radical (unpaired) electrons. The molecule has 0 atom stereocenters. The van der Waals surface area contributed by atoms with E-state index in [1.54, 1.807) is 0 Å². The largest absolute Gasteiger partial charge is 0.282 e. The first-order chi connectivity index (χ1) is 6.33. The molecule has 1 amide bonds. The minimum Gasteiger partial charge on any atom is -0.282 e. The highest BCUT2D eigenvalue weighted by Crippen LogP contribution is 2.36. The lowest BCUT2D eigenvalue weighted by molar-refractivity contribution is 0.0891. The summed E-state index contributed by atoms with van der Waals surface area (Å²) in [4.78, 5) is 11.8. The van der Waals surface area contributed by atoms with Crippen molar-refractivity contribution in [1.29, 1.82) is 0 Å². The van der Waals surface area contributed by atoms with Gasteiger partial charge in [-0.25, -0.2) is 0 Å². The summed E-state index contributed by atoms with van der Waals surface area (Å²) in [6.07, 6.45) is 0. The molecule has 4 heteroatoms. The van der Waals surface area contributed by atoms with Crippen LogP contribution in [0.1, 0.15) is 17.3 Å². The van der Waals surface area contributed by atoms with Crippen LogP contribution < -0.4 is 0 Å². The molecule has 0 aromatic heterocycles. The average Bonchev–Trinajstić information content (AvgIpc) is 2.19. The number of halogens is 2. The molecule has 13 heavy (non-hydrogen) atoms.